The maximum atomic E-state index is 12.1. The Morgan fingerprint density at radius 1 is 1.29 bits per heavy atom. The molecule has 5 heteroatoms. The molecule has 1 amide bonds. The summed E-state index contributed by atoms with van der Waals surface area (Å²) in [4.78, 5) is 24.6. The van der Waals surface area contributed by atoms with E-state index in [1.54, 1.807) is 23.1 Å². The second-order valence-electron chi connectivity index (χ2n) is 5.63. The van der Waals surface area contributed by atoms with E-state index in [4.69, 9.17) is 9.84 Å². The predicted octanol–water partition coefficient (Wildman–Crippen LogP) is 2.04. The molecule has 1 N–H and O–H groups in total. The SMILES string of the molecule is CC1(C)CN(C(=O)/C=C/c2ccc(C(=O)O)cc2)CCO1. The smallest absolute Gasteiger partial charge is 0.335 e. The number of nitrogens with zero attached hydrogens (tertiary/aromatic N) is 1. The van der Waals surface area contributed by atoms with Gasteiger partial charge in [0.2, 0.25) is 5.91 Å². The molecule has 0 aliphatic carbocycles. The molecular weight excluding hydrogens is 270 g/mol. The van der Waals surface area contributed by atoms with Crippen molar-refractivity contribution in [3.05, 3.63) is 41.5 Å². The number of benzene rings is 1. The molecule has 0 atom stereocenters. The number of carboxylic acids is 1. The summed E-state index contributed by atoms with van der Waals surface area (Å²) in [7, 11) is 0. The Bertz CT molecular complexity index is 560. The molecule has 1 aromatic carbocycles. The van der Waals surface area contributed by atoms with Crippen LogP contribution in [0.25, 0.3) is 6.08 Å². The third kappa shape index (κ3) is 4.16. The monoisotopic (exact) mass is 289 g/mol. The van der Waals surface area contributed by atoms with Gasteiger partial charge in [-0.1, -0.05) is 12.1 Å². The van der Waals surface area contributed by atoms with Crippen LogP contribution >= 0.6 is 0 Å². The molecule has 1 aliphatic heterocycles. The molecule has 0 unspecified atom stereocenters. The van der Waals surface area contributed by atoms with E-state index in [0.717, 1.165) is 5.56 Å². The first kappa shape index (κ1) is 15.3. The molecule has 0 spiro atoms. The van der Waals surface area contributed by atoms with Gasteiger partial charge in [0.05, 0.1) is 17.8 Å². The van der Waals surface area contributed by atoms with Crippen LogP contribution in [0, 0.1) is 0 Å². The Hall–Kier alpha value is -2.14. The molecule has 0 bridgehead atoms. The van der Waals surface area contributed by atoms with E-state index < -0.39 is 5.97 Å². The van der Waals surface area contributed by atoms with Crippen molar-refractivity contribution >= 4 is 18.0 Å². The molecular formula is C16H19NO4. The van der Waals surface area contributed by atoms with Gasteiger partial charge >= 0.3 is 5.97 Å². The zero-order valence-electron chi connectivity index (χ0n) is 12.2. The van der Waals surface area contributed by atoms with Crippen molar-refractivity contribution in [1.82, 2.24) is 4.90 Å². The zero-order valence-corrected chi connectivity index (χ0v) is 12.2. The second-order valence-corrected chi connectivity index (χ2v) is 5.63. The number of hydrogen-bond acceptors (Lipinski definition) is 3. The van der Waals surface area contributed by atoms with Gasteiger partial charge in [-0.05, 0) is 37.6 Å². The summed E-state index contributed by atoms with van der Waals surface area (Å²) in [6.07, 6.45) is 3.20. The van der Waals surface area contributed by atoms with E-state index in [-0.39, 0.29) is 17.1 Å². The number of morpholine rings is 1. The highest BCUT2D eigenvalue weighted by atomic mass is 16.5. The average molecular weight is 289 g/mol. The van der Waals surface area contributed by atoms with Crippen molar-refractivity contribution in [1.29, 1.82) is 0 Å². The summed E-state index contributed by atoms with van der Waals surface area (Å²) in [5.74, 6) is -1.02. The van der Waals surface area contributed by atoms with Crippen molar-refractivity contribution < 1.29 is 19.4 Å². The molecule has 1 saturated heterocycles. The molecule has 5 nitrogen and oxygen atoms in total. The first-order valence-electron chi connectivity index (χ1n) is 6.82. The first-order valence-corrected chi connectivity index (χ1v) is 6.82. The van der Waals surface area contributed by atoms with Gasteiger partial charge in [-0.15, -0.1) is 0 Å². The lowest BCUT2D eigenvalue weighted by molar-refractivity contribution is -0.140. The lowest BCUT2D eigenvalue weighted by Gasteiger charge is -2.37. The van der Waals surface area contributed by atoms with E-state index in [1.165, 1.54) is 18.2 Å². The van der Waals surface area contributed by atoms with Gasteiger partial charge in [0, 0.05) is 19.2 Å². The number of carboxylic acid groups (broad SMARTS) is 1. The highest BCUT2D eigenvalue weighted by Gasteiger charge is 2.28. The van der Waals surface area contributed by atoms with Gasteiger partial charge in [-0.25, -0.2) is 4.79 Å². The van der Waals surface area contributed by atoms with Gasteiger partial charge in [0.25, 0.3) is 0 Å². The standard InChI is InChI=1S/C16H19NO4/c1-16(2)11-17(9-10-21-16)14(18)8-5-12-3-6-13(7-4-12)15(19)20/h3-8H,9-11H2,1-2H3,(H,19,20)/b8-5+. The maximum absolute atomic E-state index is 12.1. The molecule has 1 aliphatic rings. The molecule has 0 radical (unpaired) electrons. The van der Waals surface area contributed by atoms with Crippen molar-refractivity contribution in [2.45, 2.75) is 19.4 Å². The highest BCUT2D eigenvalue weighted by molar-refractivity contribution is 5.92. The largest absolute Gasteiger partial charge is 0.478 e. The number of rotatable bonds is 3. The third-order valence-electron chi connectivity index (χ3n) is 3.31. The summed E-state index contributed by atoms with van der Waals surface area (Å²) in [6.45, 7) is 5.61. The molecule has 1 fully saturated rings. The van der Waals surface area contributed by atoms with Crippen LogP contribution in [-0.2, 0) is 9.53 Å². The number of aromatic carboxylic acids is 1. The minimum Gasteiger partial charge on any atom is -0.478 e. The van der Waals surface area contributed by atoms with Gasteiger partial charge in [0.15, 0.2) is 0 Å². The molecule has 1 heterocycles. The fourth-order valence-corrected chi connectivity index (χ4v) is 2.21. The van der Waals surface area contributed by atoms with Crippen LogP contribution in [0.2, 0.25) is 0 Å². The number of amides is 1. The highest BCUT2D eigenvalue weighted by Crippen LogP contribution is 2.17. The van der Waals surface area contributed by atoms with E-state index >= 15 is 0 Å². The van der Waals surface area contributed by atoms with Gasteiger partial charge in [0.1, 0.15) is 0 Å². The van der Waals surface area contributed by atoms with Crippen LogP contribution in [0.1, 0.15) is 29.8 Å². The molecule has 21 heavy (non-hydrogen) atoms. The second kappa shape index (κ2) is 6.10. The van der Waals surface area contributed by atoms with Crippen LogP contribution in [0.15, 0.2) is 30.3 Å². The van der Waals surface area contributed by atoms with E-state index in [9.17, 15) is 9.59 Å². The Morgan fingerprint density at radius 3 is 2.52 bits per heavy atom. The van der Waals surface area contributed by atoms with Gasteiger partial charge < -0.3 is 14.7 Å². The Kier molecular flexibility index (Phi) is 4.43. The third-order valence-corrected chi connectivity index (χ3v) is 3.31. The number of carbonyl (C=O) groups is 2. The molecule has 0 aromatic heterocycles. The van der Waals surface area contributed by atoms with Crippen LogP contribution in [0.3, 0.4) is 0 Å². The van der Waals surface area contributed by atoms with Gasteiger partial charge in [-0.2, -0.15) is 0 Å². The minimum atomic E-state index is -0.961. The minimum absolute atomic E-state index is 0.0614. The summed E-state index contributed by atoms with van der Waals surface area (Å²) < 4.78 is 5.57. The summed E-state index contributed by atoms with van der Waals surface area (Å²) >= 11 is 0. The topological polar surface area (TPSA) is 66.8 Å². The van der Waals surface area contributed by atoms with Gasteiger partial charge in [-0.3, -0.25) is 4.79 Å². The lowest BCUT2D eigenvalue weighted by atomic mass is 10.1. The van der Waals surface area contributed by atoms with E-state index in [0.29, 0.717) is 19.7 Å². The lowest BCUT2D eigenvalue weighted by Crippen LogP contribution is -2.50. The molecule has 1 aromatic rings. The number of ether oxygens (including phenoxy) is 1. The Balaban J connectivity index is 2.00. The maximum Gasteiger partial charge on any atom is 0.335 e. The fraction of sp³-hybridized carbons (Fsp3) is 0.375. The Morgan fingerprint density at radius 2 is 1.95 bits per heavy atom. The summed E-state index contributed by atoms with van der Waals surface area (Å²) in [6, 6.07) is 6.39. The molecule has 2 rings (SSSR count). The summed E-state index contributed by atoms with van der Waals surface area (Å²) in [5.41, 5.74) is 0.708. The summed E-state index contributed by atoms with van der Waals surface area (Å²) in [5, 5.41) is 8.82. The fourth-order valence-electron chi connectivity index (χ4n) is 2.21. The average Bonchev–Trinajstić information content (AvgIpc) is 2.44. The van der Waals surface area contributed by atoms with Crippen molar-refractivity contribution in [2.75, 3.05) is 19.7 Å². The van der Waals surface area contributed by atoms with Crippen LogP contribution in [-0.4, -0.2) is 47.2 Å². The van der Waals surface area contributed by atoms with Crippen LogP contribution < -0.4 is 0 Å². The molecule has 0 saturated carbocycles. The number of carbonyl (C=O) groups excluding carboxylic acids is 1. The Labute approximate surface area is 123 Å². The van der Waals surface area contributed by atoms with Crippen molar-refractivity contribution in [3.8, 4) is 0 Å². The number of hydrogen-bond donors (Lipinski definition) is 1. The quantitative estimate of drug-likeness (QED) is 0.865. The zero-order chi connectivity index (χ0) is 15.5. The first-order chi connectivity index (χ1) is 9.87. The predicted molar refractivity (Wildman–Crippen MR) is 79.0 cm³/mol. The van der Waals surface area contributed by atoms with Crippen LogP contribution in [0.4, 0.5) is 0 Å². The van der Waals surface area contributed by atoms with Crippen molar-refractivity contribution in [2.24, 2.45) is 0 Å². The van der Waals surface area contributed by atoms with Crippen LogP contribution in [0.5, 0.6) is 0 Å². The molecule has 112 valence electrons. The van der Waals surface area contributed by atoms with Crippen molar-refractivity contribution in [3.63, 3.8) is 0 Å². The normalized spacial score (nSPS) is 17.9. The van der Waals surface area contributed by atoms with E-state index in [1.807, 2.05) is 13.8 Å². The van der Waals surface area contributed by atoms with E-state index in [2.05, 4.69) is 0 Å².